The molecule has 0 fully saturated rings. The number of nitrogens with one attached hydrogen (secondary N) is 1. The molecule has 2 aromatic rings. The van der Waals surface area contributed by atoms with Gasteiger partial charge in [-0.2, -0.15) is 0 Å². The van der Waals surface area contributed by atoms with E-state index in [1.165, 1.54) is 7.11 Å². The number of carboxylic acid groups (broad SMARTS) is 1. The van der Waals surface area contributed by atoms with Gasteiger partial charge in [0.2, 0.25) is 0 Å². The first kappa shape index (κ1) is 14.3. The molecule has 0 atom stereocenters. The van der Waals surface area contributed by atoms with Crippen molar-refractivity contribution >= 4 is 23.2 Å². The first-order valence-corrected chi connectivity index (χ1v) is 5.80. The van der Waals surface area contributed by atoms with E-state index in [0.717, 1.165) is 12.3 Å². The Bertz CT molecular complexity index is 702. The molecule has 0 spiro atoms. The highest BCUT2D eigenvalue weighted by atomic mass is 16.6. The summed E-state index contributed by atoms with van der Waals surface area (Å²) in [6, 6.07) is 7.74. The summed E-state index contributed by atoms with van der Waals surface area (Å²) in [5.74, 6) is -0.711. The molecule has 0 saturated heterocycles. The van der Waals surface area contributed by atoms with Crippen LogP contribution in [0.5, 0.6) is 5.75 Å². The molecule has 0 aliphatic rings. The average molecular weight is 289 g/mol. The molecule has 0 unspecified atom stereocenters. The maximum Gasteiger partial charge on any atom is 0.339 e. The van der Waals surface area contributed by atoms with Crippen LogP contribution in [0.15, 0.2) is 36.5 Å². The minimum absolute atomic E-state index is 0.0151. The van der Waals surface area contributed by atoms with Gasteiger partial charge in [-0.25, -0.2) is 9.78 Å². The number of aromatic nitrogens is 1. The van der Waals surface area contributed by atoms with Gasteiger partial charge in [-0.1, -0.05) is 6.07 Å². The number of anilines is 2. The highest BCUT2D eigenvalue weighted by Crippen LogP contribution is 2.24. The van der Waals surface area contributed by atoms with E-state index in [2.05, 4.69) is 10.3 Å². The van der Waals surface area contributed by atoms with Crippen LogP contribution in [0.1, 0.15) is 10.4 Å². The third-order valence-corrected chi connectivity index (χ3v) is 2.65. The van der Waals surface area contributed by atoms with Crippen LogP contribution in [-0.4, -0.2) is 28.1 Å². The van der Waals surface area contributed by atoms with E-state index in [1.807, 2.05) is 0 Å². The Labute approximate surface area is 119 Å². The molecule has 0 radical (unpaired) electrons. The number of ether oxygens (including phenoxy) is 1. The fourth-order valence-corrected chi connectivity index (χ4v) is 1.65. The molecule has 0 aliphatic carbocycles. The fraction of sp³-hybridized carbons (Fsp3) is 0.0769. The number of hydrogen-bond acceptors (Lipinski definition) is 6. The van der Waals surface area contributed by atoms with Gasteiger partial charge >= 0.3 is 5.97 Å². The van der Waals surface area contributed by atoms with Gasteiger partial charge in [0.05, 0.1) is 12.0 Å². The van der Waals surface area contributed by atoms with Crippen LogP contribution in [0.25, 0.3) is 0 Å². The van der Waals surface area contributed by atoms with E-state index in [9.17, 15) is 14.9 Å². The Morgan fingerprint density at radius 1 is 1.43 bits per heavy atom. The van der Waals surface area contributed by atoms with Crippen molar-refractivity contribution < 1.29 is 19.6 Å². The Balaban J connectivity index is 2.38. The minimum atomic E-state index is -1.31. The van der Waals surface area contributed by atoms with E-state index in [1.54, 1.807) is 24.3 Å². The van der Waals surface area contributed by atoms with Crippen molar-refractivity contribution in [1.29, 1.82) is 0 Å². The predicted octanol–water partition coefficient (Wildman–Crippen LogP) is 2.44. The second-order valence-electron chi connectivity index (χ2n) is 4.01. The van der Waals surface area contributed by atoms with E-state index in [-0.39, 0.29) is 17.1 Å². The monoisotopic (exact) mass is 289 g/mol. The van der Waals surface area contributed by atoms with Crippen molar-refractivity contribution in [2.45, 2.75) is 0 Å². The molecule has 2 N–H and O–H groups in total. The highest BCUT2D eigenvalue weighted by Gasteiger charge is 2.17. The Hall–Kier alpha value is -3.16. The van der Waals surface area contributed by atoms with Gasteiger partial charge in [0.1, 0.15) is 23.3 Å². The van der Waals surface area contributed by atoms with Gasteiger partial charge < -0.3 is 15.2 Å². The third kappa shape index (κ3) is 3.24. The molecule has 0 aliphatic heterocycles. The first-order valence-electron chi connectivity index (χ1n) is 5.80. The molecule has 1 aromatic heterocycles. The van der Waals surface area contributed by atoms with Crippen LogP contribution in [0.4, 0.5) is 17.2 Å². The van der Waals surface area contributed by atoms with Crippen molar-refractivity contribution in [2.24, 2.45) is 0 Å². The van der Waals surface area contributed by atoms with Crippen LogP contribution < -0.4 is 10.1 Å². The number of pyridine rings is 1. The number of carboxylic acids is 1. The molecule has 21 heavy (non-hydrogen) atoms. The normalized spacial score (nSPS) is 9.95. The Kier molecular flexibility index (Phi) is 3.98. The number of methoxy groups -OCH3 is 1. The van der Waals surface area contributed by atoms with E-state index in [4.69, 9.17) is 9.84 Å². The number of rotatable bonds is 5. The van der Waals surface area contributed by atoms with E-state index in [0.29, 0.717) is 11.4 Å². The van der Waals surface area contributed by atoms with Crippen molar-refractivity contribution in [3.8, 4) is 5.75 Å². The van der Waals surface area contributed by atoms with Crippen molar-refractivity contribution in [3.05, 3.63) is 52.2 Å². The lowest BCUT2D eigenvalue weighted by Crippen LogP contribution is -2.06. The van der Waals surface area contributed by atoms with Gasteiger partial charge in [0, 0.05) is 17.8 Å². The zero-order chi connectivity index (χ0) is 15.4. The van der Waals surface area contributed by atoms with Crippen LogP contribution in [0.2, 0.25) is 0 Å². The minimum Gasteiger partial charge on any atom is -0.497 e. The first-order chi connectivity index (χ1) is 10.0. The molecule has 0 bridgehead atoms. The quantitative estimate of drug-likeness (QED) is 0.641. The molecular weight excluding hydrogens is 278 g/mol. The molecule has 2 rings (SSSR count). The predicted molar refractivity (Wildman–Crippen MR) is 74.1 cm³/mol. The van der Waals surface area contributed by atoms with Crippen molar-refractivity contribution in [3.63, 3.8) is 0 Å². The maximum atomic E-state index is 11.2. The van der Waals surface area contributed by atoms with Crippen LogP contribution >= 0.6 is 0 Å². The van der Waals surface area contributed by atoms with Crippen molar-refractivity contribution in [2.75, 3.05) is 12.4 Å². The summed E-state index contributed by atoms with van der Waals surface area (Å²) in [7, 11) is 1.51. The summed E-state index contributed by atoms with van der Waals surface area (Å²) >= 11 is 0. The molecule has 8 heteroatoms. The van der Waals surface area contributed by atoms with E-state index >= 15 is 0 Å². The van der Waals surface area contributed by atoms with Crippen molar-refractivity contribution in [1.82, 2.24) is 4.98 Å². The Morgan fingerprint density at radius 3 is 2.81 bits per heavy atom. The van der Waals surface area contributed by atoms with Gasteiger partial charge in [0.25, 0.3) is 5.69 Å². The number of nitro groups is 1. The van der Waals surface area contributed by atoms with Gasteiger partial charge in [-0.05, 0) is 12.1 Å². The van der Waals surface area contributed by atoms with Gasteiger partial charge in [-0.15, -0.1) is 0 Å². The fourth-order valence-electron chi connectivity index (χ4n) is 1.65. The van der Waals surface area contributed by atoms with Crippen LogP contribution in [0, 0.1) is 10.1 Å². The summed E-state index contributed by atoms with van der Waals surface area (Å²) in [5, 5.41) is 22.6. The summed E-state index contributed by atoms with van der Waals surface area (Å²) in [5.41, 5.74) is -0.117. The maximum absolute atomic E-state index is 11.2. The molecule has 1 aromatic carbocycles. The van der Waals surface area contributed by atoms with Crippen LogP contribution in [0.3, 0.4) is 0 Å². The molecule has 108 valence electrons. The number of hydrogen-bond donors (Lipinski definition) is 2. The summed E-state index contributed by atoms with van der Waals surface area (Å²) in [6.07, 6.45) is 0.995. The largest absolute Gasteiger partial charge is 0.497 e. The lowest BCUT2D eigenvalue weighted by Gasteiger charge is -2.09. The van der Waals surface area contributed by atoms with Crippen LogP contribution in [-0.2, 0) is 0 Å². The summed E-state index contributed by atoms with van der Waals surface area (Å²) in [6.45, 7) is 0. The average Bonchev–Trinajstić information content (AvgIpc) is 2.47. The topological polar surface area (TPSA) is 115 Å². The zero-order valence-electron chi connectivity index (χ0n) is 10.9. The Morgan fingerprint density at radius 2 is 2.19 bits per heavy atom. The van der Waals surface area contributed by atoms with E-state index < -0.39 is 10.9 Å². The summed E-state index contributed by atoms with van der Waals surface area (Å²) in [4.78, 5) is 24.9. The zero-order valence-corrected chi connectivity index (χ0v) is 10.9. The number of aromatic carboxylic acids is 1. The highest BCUT2D eigenvalue weighted by molar-refractivity contribution is 5.94. The smallest absolute Gasteiger partial charge is 0.339 e. The van der Waals surface area contributed by atoms with Gasteiger partial charge in [0.15, 0.2) is 0 Å². The number of nitrogens with zero attached hydrogens (tertiary/aromatic N) is 2. The molecule has 0 saturated carbocycles. The SMILES string of the molecule is COc1cccc(Nc2ncc([N+](=O)[O-])cc2C(=O)O)c1. The molecule has 1 heterocycles. The lowest BCUT2D eigenvalue weighted by molar-refractivity contribution is -0.385. The third-order valence-electron chi connectivity index (χ3n) is 2.65. The number of carbonyl (C=O) groups is 1. The molecule has 8 nitrogen and oxygen atoms in total. The second kappa shape index (κ2) is 5.87. The lowest BCUT2D eigenvalue weighted by atomic mass is 10.2. The summed E-state index contributed by atoms with van der Waals surface area (Å²) < 4.78 is 5.05. The molecule has 0 amide bonds. The second-order valence-corrected chi connectivity index (χ2v) is 4.01. The van der Waals surface area contributed by atoms with Gasteiger partial charge in [-0.3, -0.25) is 10.1 Å². The number of benzene rings is 1. The molecular formula is C13H11N3O5. The standard InChI is InChI=1S/C13H11N3O5/c1-21-10-4-2-3-8(5-10)15-12-11(13(17)18)6-9(7-14-12)16(19)20/h2-7H,1H3,(H,14,15)(H,17,18).